The Balaban J connectivity index is 1.62. The number of nitriles is 1. The highest BCUT2D eigenvalue weighted by Crippen LogP contribution is 2.21. The van der Waals surface area contributed by atoms with Crippen LogP contribution < -0.4 is 4.74 Å². The highest BCUT2D eigenvalue weighted by atomic mass is 16.5. The largest absolute Gasteiger partial charge is 0.493 e. The number of ether oxygens (including phenoxy) is 1. The number of hydrogen-bond donors (Lipinski definition) is 0. The minimum Gasteiger partial charge on any atom is -0.493 e. The predicted octanol–water partition coefficient (Wildman–Crippen LogP) is 3.31. The van der Waals surface area contributed by atoms with Crippen LogP contribution in [0.15, 0.2) is 48.5 Å². The minimum absolute atomic E-state index is 0.0410. The van der Waals surface area contributed by atoms with Crippen LogP contribution in [0.25, 0.3) is 0 Å². The maximum Gasteiger partial charge on any atom is 0.257 e. The molecule has 2 aromatic rings. The molecule has 0 unspecified atom stereocenters. The van der Waals surface area contributed by atoms with Crippen LogP contribution in [0.5, 0.6) is 5.75 Å². The van der Waals surface area contributed by atoms with Gasteiger partial charge in [-0.2, -0.15) is 5.26 Å². The SMILES string of the molecule is CCOc1ccccc1C(=O)N1CCCN(Cc2ccc(C#N)cc2)CC1. The maximum absolute atomic E-state index is 13.0. The Hall–Kier alpha value is -2.84. The van der Waals surface area contributed by atoms with E-state index in [2.05, 4.69) is 11.0 Å². The van der Waals surface area contributed by atoms with Gasteiger partial charge in [-0.15, -0.1) is 0 Å². The van der Waals surface area contributed by atoms with Gasteiger partial charge in [-0.3, -0.25) is 9.69 Å². The molecule has 1 amide bonds. The zero-order chi connectivity index (χ0) is 19.1. The van der Waals surface area contributed by atoms with E-state index in [4.69, 9.17) is 10.00 Å². The van der Waals surface area contributed by atoms with E-state index in [-0.39, 0.29) is 5.91 Å². The third-order valence-electron chi connectivity index (χ3n) is 4.78. The minimum atomic E-state index is 0.0410. The number of carbonyl (C=O) groups excluding carboxylic acids is 1. The zero-order valence-corrected chi connectivity index (χ0v) is 15.7. The highest BCUT2D eigenvalue weighted by molar-refractivity contribution is 5.97. The van der Waals surface area contributed by atoms with E-state index in [1.807, 2.05) is 60.4 Å². The Bertz CT molecular complexity index is 811. The molecule has 0 radical (unpaired) electrons. The Morgan fingerprint density at radius 3 is 2.59 bits per heavy atom. The van der Waals surface area contributed by atoms with Crippen molar-refractivity contribution >= 4 is 5.91 Å². The van der Waals surface area contributed by atoms with Crippen molar-refractivity contribution in [1.29, 1.82) is 5.26 Å². The van der Waals surface area contributed by atoms with E-state index in [0.29, 0.717) is 30.0 Å². The lowest BCUT2D eigenvalue weighted by Gasteiger charge is -2.23. The molecule has 0 aromatic heterocycles. The van der Waals surface area contributed by atoms with Gasteiger partial charge in [0.1, 0.15) is 5.75 Å². The molecular formula is C22H25N3O2. The molecule has 2 aromatic carbocycles. The third-order valence-corrected chi connectivity index (χ3v) is 4.78. The summed E-state index contributed by atoms with van der Waals surface area (Å²) in [5.41, 5.74) is 2.51. The number of nitrogens with zero attached hydrogens (tertiary/aromatic N) is 3. The molecule has 0 N–H and O–H groups in total. The first-order chi connectivity index (χ1) is 13.2. The van der Waals surface area contributed by atoms with Crippen LogP contribution >= 0.6 is 0 Å². The third kappa shape index (κ3) is 4.87. The number of hydrogen-bond acceptors (Lipinski definition) is 4. The van der Waals surface area contributed by atoms with E-state index in [0.717, 1.165) is 32.6 Å². The Kier molecular flexibility index (Phi) is 6.45. The van der Waals surface area contributed by atoms with E-state index < -0.39 is 0 Å². The molecule has 1 heterocycles. The molecule has 3 rings (SSSR count). The topological polar surface area (TPSA) is 56.6 Å². The molecule has 1 fully saturated rings. The lowest BCUT2D eigenvalue weighted by molar-refractivity contribution is 0.0757. The van der Waals surface area contributed by atoms with Crippen LogP contribution in [0.2, 0.25) is 0 Å². The van der Waals surface area contributed by atoms with Gasteiger partial charge >= 0.3 is 0 Å². The molecule has 0 saturated carbocycles. The summed E-state index contributed by atoms with van der Waals surface area (Å²) in [4.78, 5) is 17.3. The molecule has 1 aliphatic heterocycles. The summed E-state index contributed by atoms with van der Waals surface area (Å²) in [6, 6.07) is 17.3. The second kappa shape index (κ2) is 9.20. The summed E-state index contributed by atoms with van der Waals surface area (Å²) in [6.07, 6.45) is 0.943. The molecule has 27 heavy (non-hydrogen) atoms. The second-order valence-corrected chi connectivity index (χ2v) is 6.66. The van der Waals surface area contributed by atoms with Crippen molar-refractivity contribution in [2.75, 3.05) is 32.8 Å². The van der Waals surface area contributed by atoms with E-state index >= 15 is 0 Å². The first kappa shape index (κ1) is 18.9. The fourth-order valence-electron chi connectivity index (χ4n) is 3.37. The van der Waals surface area contributed by atoms with Crippen molar-refractivity contribution in [3.63, 3.8) is 0 Å². The fraction of sp³-hybridized carbons (Fsp3) is 0.364. The van der Waals surface area contributed by atoms with Gasteiger partial charge < -0.3 is 9.64 Å². The first-order valence-corrected chi connectivity index (χ1v) is 9.43. The summed E-state index contributed by atoms with van der Waals surface area (Å²) in [5, 5.41) is 8.91. The monoisotopic (exact) mass is 363 g/mol. The van der Waals surface area contributed by atoms with Crippen molar-refractivity contribution in [2.24, 2.45) is 0 Å². The molecule has 0 atom stereocenters. The first-order valence-electron chi connectivity index (χ1n) is 9.43. The van der Waals surface area contributed by atoms with Crippen molar-refractivity contribution in [2.45, 2.75) is 19.9 Å². The Morgan fingerprint density at radius 2 is 1.85 bits per heavy atom. The molecule has 5 nitrogen and oxygen atoms in total. The van der Waals surface area contributed by atoms with E-state index in [1.54, 1.807) is 0 Å². The summed E-state index contributed by atoms with van der Waals surface area (Å²) in [7, 11) is 0. The fourth-order valence-corrected chi connectivity index (χ4v) is 3.37. The van der Waals surface area contributed by atoms with Gasteiger partial charge in [0, 0.05) is 32.7 Å². The molecule has 1 aliphatic rings. The van der Waals surface area contributed by atoms with Gasteiger partial charge in [0.15, 0.2) is 0 Å². The molecule has 0 aliphatic carbocycles. The Morgan fingerprint density at radius 1 is 1.07 bits per heavy atom. The number of amides is 1. The van der Waals surface area contributed by atoms with Gasteiger partial charge in [0.2, 0.25) is 0 Å². The summed E-state index contributed by atoms with van der Waals surface area (Å²) in [6.45, 7) is 6.55. The quantitative estimate of drug-likeness (QED) is 0.818. The van der Waals surface area contributed by atoms with Crippen LogP contribution in [0.1, 0.15) is 34.8 Å². The molecule has 0 bridgehead atoms. The lowest BCUT2D eigenvalue weighted by Crippen LogP contribution is -2.35. The predicted molar refractivity (Wildman–Crippen MR) is 105 cm³/mol. The standard InChI is InChI=1S/C22H25N3O2/c1-2-27-21-7-4-3-6-20(21)22(26)25-13-5-12-24(14-15-25)17-19-10-8-18(16-23)9-11-19/h3-4,6-11H,2,5,12-15,17H2,1H3. The summed E-state index contributed by atoms with van der Waals surface area (Å²) in [5.74, 6) is 0.697. The van der Waals surface area contributed by atoms with E-state index in [1.165, 1.54) is 5.56 Å². The van der Waals surface area contributed by atoms with Gasteiger partial charge in [-0.1, -0.05) is 24.3 Å². The lowest BCUT2D eigenvalue weighted by atomic mass is 10.1. The second-order valence-electron chi connectivity index (χ2n) is 6.66. The summed E-state index contributed by atoms with van der Waals surface area (Å²) >= 11 is 0. The van der Waals surface area contributed by atoms with Crippen LogP contribution in [-0.4, -0.2) is 48.5 Å². The zero-order valence-electron chi connectivity index (χ0n) is 15.7. The number of benzene rings is 2. The van der Waals surface area contributed by atoms with Gasteiger partial charge in [-0.05, 0) is 43.2 Å². The van der Waals surface area contributed by atoms with Crippen LogP contribution in [0, 0.1) is 11.3 Å². The number of rotatable bonds is 5. The van der Waals surface area contributed by atoms with Crippen LogP contribution in [0.4, 0.5) is 0 Å². The maximum atomic E-state index is 13.0. The molecule has 0 spiro atoms. The average molecular weight is 363 g/mol. The number of para-hydroxylation sites is 1. The van der Waals surface area contributed by atoms with Gasteiger partial charge in [-0.25, -0.2) is 0 Å². The van der Waals surface area contributed by atoms with E-state index in [9.17, 15) is 4.79 Å². The molecule has 140 valence electrons. The average Bonchev–Trinajstić information content (AvgIpc) is 2.94. The smallest absolute Gasteiger partial charge is 0.257 e. The van der Waals surface area contributed by atoms with Gasteiger partial charge in [0.25, 0.3) is 5.91 Å². The van der Waals surface area contributed by atoms with Crippen LogP contribution in [-0.2, 0) is 6.54 Å². The number of carbonyl (C=O) groups is 1. The normalized spacial score (nSPS) is 15.0. The van der Waals surface area contributed by atoms with Crippen molar-refractivity contribution in [3.05, 3.63) is 65.2 Å². The molecular weight excluding hydrogens is 338 g/mol. The highest BCUT2D eigenvalue weighted by Gasteiger charge is 2.22. The molecule has 1 saturated heterocycles. The van der Waals surface area contributed by atoms with Crippen molar-refractivity contribution in [1.82, 2.24) is 9.80 Å². The van der Waals surface area contributed by atoms with Crippen molar-refractivity contribution in [3.8, 4) is 11.8 Å². The van der Waals surface area contributed by atoms with Crippen LogP contribution in [0.3, 0.4) is 0 Å². The Labute approximate surface area is 160 Å². The molecule has 5 heteroatoms. The van der Waals surface area contributed by atoms with Gasteiger partial charge in [0.05, 0.1) is 23.8 Å². The summed E-state index contributed by atoms with van der Waals surface area (Å²) < 4.78 is 5.62. The van der Waals surface area contributed by atoms with Crippen molar-refractivity contribution < 1.29 is 9.53 Å².